The van der Waals surface area contributed by atoms with Crippen LogP contribution in [0.25, 0.3) is 0 Å². The molecule has 1 fully saturated rings. The fourth-order valence-electron chi connectivity index (χ4n) is 2.26. The lowest BCUT2D eigenvalue weighted by molar-refractivity contribution is 0.386. The molecule has 1 aliphatic heterocycles. The Bertz CT molecular complexity index is 503. The molecule has 2 heterocycles. The predicted molar refractivity (Wildman–Crippen MR) is 78.5 cm³/mol. The molecule has 1 unspecified atom stereocenters. The van der Waals surface area contributed by atoms with Gasteiger partial charge in [-0.25, -0.2) is 0 Å². The lowest BCUT2D eigenvalue weighted by Crippen LogP contribution is -2.65. The van der Waals surface area contributed by atoms with Gasteiger partial charge in [0.2, 0.25) is 0 Å². The molecule has 1 saturated carbocycles. The van der Waals surface area contributed by atoms with Crippen molar-refractivity contribution in [2.45, 2.75) is 24.9 Å². The fourth-order valence-corrected chi connectivity index (χ4v) is 2.96. The third-order valence-corrected chi connectivity index (χ3v) is 4.53. The van der Waals surface area contributed by atoms with Gasteiger partial charge >= 0.3 is 0 Å². The predicted octanol–water partition coefficient (Wildman–Crippen LogP) is 0.704. The second-order valence-electron chi connectivity index (χ2n) is 5.07. The van der Waals surface area contributed by atoms with E-state index in [1.54, 1.807) is 17.5 Å². The number of nitrogens with one attached hydrogen (secondary N) is 2. The smallest absolute Gasteiger partial charge is 0.197 e. The number of nitrogens with two attached hydrogens (primary N) is 2. The summed E-state index contributed by atoms with van der Waals surface area (Å²) in [4.78, 5) is 5.86. The van der Waals surface area contributed by atoms with E-state index in [-0.39, 0.29) is 0 Å². The second kappa shape index (κ2) is 4.86. The summed E-state index contributed by atoms with van der Waals surface area (Å²) in [6.07, 6.45) is 4.96. The summed E-state index contributed by atoms with van der Waals surface area (Å²) >= 11 is 1.76. The molecular weight excluding hydrogens is 258 g/mol. The van der Waals surface area contributed by atoms with E-state index in [0.717, 1.165) is 31.8 Å². The van der Waals surface area contributed by atoms with Crippen LogP contribution in [0.3, 0.4) is 0 Å². The van der Waals surface area contributed by atoms with Crippen molar-refractivity contribution >= 4 is 17.3 Å². The lowest BCUT2D eigenvalue weighted by Gasteiger charge is -2.36. The summed E-state index contributed by atoms with van der Waals surface area (Å²) in [5.41, 5.74) is 12.4. The zero-order chi connectivity index (χ0) is 13.3. The molecule has 0 bridgehead atoms. The highest BCUT2D eigenvalue weighted by atomic mass is 32.1. The van der Waals surface area contributed by atoms with Crippen LogP contribution in [0, 0.1) is 5.92 Å². The number of hydrogen-bond acceptors (Lipinski definition) is 4. The van der Waals surface area contributed by atoms with Gasteiger partial charge in [-0.15, -0.1) is 11.3 Å². The zero-order valence-corrected chi connectivity index (χ0v) is 11.5. The fraction of sp³-hybridized carbons (Fsp3) is 0.462. The summed E-state index contributed by atoms with van der Waals surface area (Å²) in [6, 6.07) is 4.19. The minimum atomic E-state index is -0.618. The minimum absolute atomic E-state index is 0.424. The molecule has 0 radical (unpaired) electrons. The number of guanidine groups is 1. The average Bonchev–Trinajstić information content (AvgIpc) is 3.14. The molecule has 0 aromatic carbocycles. The van der Waals surface area contributed by atoms with E-state index < -0.39 is 5.66 Å². The highest BCUT2D eigenvalue weighted by molar-refractivity contribution is 7.09. The van der Waals surface area contributed by atoms with E-state index in [1.165, 1.54) is 4.88 Å². The van der Waals surface area contributed by atoms with Crippen LogP contribution < -0.4 is 22.1 Å². The Morgan fingerprint density at radius 2 is 2.32 bits per heavy atom. The first-order chi connectivity index (χ1) is 9.18. The van der Waals surface area contributed by atoms with E-state index in [2.05, 4.69) is 33.1 Å². The largest absolute Gasteiger partial charge is 0.398 e. The molecule has 1 atom stereocenters. The SMILES string of the molecule is NC1=CNC(=NCCc2cccs2)NC1(N)C1CC1. The van der Waals surface area contributed by atoms with Crippen LogP contribution in [0.1, 0.15) is 17.7 Å². The number of rotatable bonds is 4. The minimum Gasteiger partial charge on any atom is -0.398 e. The van der Waals surface area contributed by atoms with E-state index in [9.17, 15) is 0 Å². The van der Waals surface area contributed by atoms with Crippen molar-refractivity contribution in [3.63, 3.8) is 0 Å². The Morgan fingerprint density at radius 3 is 3.00 bits per heavy atom. The molecule has 1 aromatic rings. The first-order valence-corrected chi connectivity index (χ1v) is 7.43. The van der Waals surface area contributed by atoms with Gasteiger partial charge in [0, 0.05) is 30.0 Å². The molecule has 3 rings (SSSR count). The van der Waals surface area contributed by atoms with Gasteiger partial charge in [-0.05, 0) is 24.3 Å². The van der Waals surface area contributed by atoms with Gasteiger partial charge in [-0.2, -0.15) is 0 Å². The van der Waals surface area contributed by atoms with Crippen molar-refractivity contribution in [3.8, 4) is 0 Å². The normalized spacial score (nSPS) is 28.7. The topological polar surface area (TPSA) is 88.5 Å². The van der Waals surface area contributed by atoms with E-state index in [1.807, 2.05) is 0 Å². The van der Waals surface area contributed by atoms with E-state index in [0.29, 0.717) is 11.6 Å². The quantitative estimate of drug-likeness (QED) is 0.652. The zero-order valence-electron chi connectivity index (χ0n) is 10.7. The Morgan fingerprint density at radius 1 is 1.47 bits per heavy atom. The number of nitrogens with zero attached hydrogens (tertiary/aromatic N) is 1. The standard InChI is InChI=1S/C13H19N5S/c14-11-8-17-12(18-13(11,15)9-3-4-9)16-6-5-10-2-1-7-19-10/h1-2,7-9H,3-6,14-15H2,(H2,16,17,18). The van der Waals surface area contributed by atoms with Crippen LogP contribution in [0.15, 0.2) is 34.4 Å². The van der Waals surface area contributed by atoms with Gasteiger partial charge in [0.25, 0.3) is 0 Å². The lowest BCUT2D eigenvalue weighted by atomic mass is 10.0. The first-order valence-electron chi connectivity index (χ1n) is 6.55. The summed E-state index contributed by atoms with van der Waals surface area (Å²) in [7, 11) is 0. The molecule has 1 aliphatic carbocycles. The molecule has 1 aromatic heterocycles. The molecule has 102 valence electrons. The van der Waals surface area contributed by atoms with Crippen molar-refractivity contribution in [2.75, 3.05) is 6.54 Å². The van der Waals surface area contributed by atoms with Crippen molar-refractivity contribution in [1.29, 1.82) is 0 Å². The van der Waals surface area contributed by atoms with Crippen LogP contribution >= 0.6 is 11.3 Å². The monoisotopic (exact) mass is 277 g/mol. The Balaban J connectivity index is 1.63. The molecule has 6 N–H and O–H groups in total. The van der Waals surface area contributed by atoms with Gasteiger partial charge < -0.3 is 22.1 Å². The number of thiophene rings is 1. The van der Waals surface area contributed by atoms with Gasteiger partial charge in [0.05, 0.1) is 5.70 Å². The molecule has 6 heteroatoms. The maximum absolute atomic E-state index is 6.34. The van der Waals surface area contributed by atoms with Crippen molar-refractivity contribution < 1.29 is 0 Å². The average molecular weight is 277 g/mol. The van der Waals surface area contributed by atoms with Crippen molar-refractivity contribution in [3.05, 3.63) is 34.3 Å². The summed E-state index contributed by atoms with van der Waals surface area (Å²) in [5, 5.41) is 8.39. The van der Waals surface area contributed by atoms with E-state index in [4.69, 9.17) is 11.5 Å². The molecule has 0 spiro atoms. The Labute approximate surface area is 116 Å². The van der Waals surface area contributed by atoms with Gasteiger partial charge in [-0.1, -0.05) is 6.07 Å². The second-order valence-corrected chi connectivity index (χ2v) is 6.10. The van der Waals surface area contributed by atoms with Crippen LogP contribution in [-0.4, -0.2) is 18.2 Å². The summed E-state index contributed by atoms with van der Waals surface area (Å²) in [5.74, 6) is 1.15. The van der Waals surface area contributed by atoms with Crippen LogP contribution in [0.5, 0.6) is 0 Å². The van der Waals surface area contributed by atoms with Crippen molar-refractivity contribution in [2.24, 2.45) is 22.4 Å². The molecule has 0 amide bonds. The van der Waals surface area contributed by atoms with Gasteiger partial charge in [-0.3, -0.25) is 4.99 Å². The molecule has 19 heavy (non-hydrogen) atoms. The first kappa shape index (κ1) is 12.5. The van der Waals surface area contributed by atoms with Crippen LogP contribution in [0.2, 0.25) is 0 Å². The maximum atomic E-state index is 6.34. The molecule has 2 aliphatic rings. The Kier molecular flexibility index (Phi) is 3.20. The molecule has 0 saturated heterocycles. The summed E-state index contributed by atoms with van der Waals surface area (Å²) in [6.45, 7) is 0.740. The highest BCUT2D eigenvalue weighted by Gasteiger charge is 2.46. The third-order valence-electron chi connectivity index (χ3n) is 3.60. The maximum Gasteiger partial charge on any atom is 0.197 e. The van der Waals surface area contributed by atoms with Crippen molar-refractivity contribution in [1.82, 2.24) is 10.6 Å². The number of aliphatic imine (C=N–C) groups is 1. The van der Waals surface area contributed by atoms with Gasteiger partial charge in [0.15, 0.2) is 5.96 Å². The molecule has 5 nitrogen and oxygen atoms in total. The highest BCUT2D eigenvalue weighted by Crippen LogP contribution is 2.39. The van der Waals surface area contributed by atoms with Crippen LogP contribution in [0.4, 0.5) is 0 Å². The van der Waals surface area contributed by atoms with Crippen LogP contribution in [-0.2, 0) is 6.42 Å². The Hall–Kier alpha value is -1.53. The number of hydrogen-bond donors (Lipinski definition) is 4. The summed E-state index contributed by atoms with van der Waals surface area (Å²) < 4.78 is 0. The third kappa shape index (κ3) is 2.59. The van der Waals surface area contributed by atoms with E-state index >= 15 is 0 Å². The van der Waals surface area contributed by atoms with Gasteiger partial charge in [0.1, 0.15) is 5.66 Å². The molecular formula is C13H19N5S.